The Hall–Kier alpha value is -0.433. The van der Waals surface area contributed by atoms with E-state index in [1.807, 2.05) is 0 Å². The van der Waals surface area contributed by atoms with Gasteiger partial charge in [0.2, 0.25) is 0 Å². The highest BCUT2D eigenvalue weighted by atomic mass is 28.3. The molecule has 0 spiro atoms. The molecule has 1 aromatic carbocycles. The minimum absolute atomic E-state index is 1.27. The van der Waals surface area contributed by atoms with E-state index < -0.39 is 8.07 Å². The average molecular weight is 348 g/mol. The summed E-state index contributed by atoms with van der Waals surface area (Å²) < 4.78 is 0. The van der Waals surface area contributed by atoms with Crippen molar-refractivity contribution in [3.8, 4) is 0 Å². The molecule has 0 heterocycles. The van der Waals surface area contributed by atoms with Crippen LogP contribution < -0.4 is 5.19 Å². The molecule has 1 aromatic rings. The quantitative estimate of drug-likeness (QED) is 0.162. The summed E-state index contributed by atoms with van der Waals surface area (Å²) in [6, 6.07) is 14.2. The second kappa shape index (κ2) is 13.8. The highest BCUT2D eigenvalue weighted by molar-refractivity contribution is 6.91. The lowest BCUT2D eigenvalue weighted by Crippen LogP contribution is -2.46. The fourth-order valence-electron chi connectivity index (χ4n) is 4.21. The smallest absolute Gasteiger partial charge is 0.0240 e. The van der Waals surface area contributed by atoms with Crippen LogP contribution in [0.25, 0.3) is 0 Å². The summed E-state index contributed by atoms with van der Waals surface area (Å²) in [5.41, 5.74) is 0. The van der Waals surface area contributed by atoms with E-state index in [1.165, 1.54) is 77.0 Å². The summed E-state index contributed by atoms with van der Waals surface area (Å²) in [7, 11) is -1.27. The van der Waals surface area contributed by atoms with Gasteiger partial charge in [-0.15, -0.1) is 0 Å². The molecule has 0 aliphatic rings. The minimum Gasteiger partial charge on any atom is -0.214 e. The molecule has 0 radical (unpaired) electrons. The lowest BCUT2D eigenvalue weighted by molar-refractivity contribution is 0.668. The molecule has 0 aromatic heterocycles. The van der Waals surface area contributed by atoms with Gasteiger partial charge < -0.3 is 0 Å². The molecule has 0 unspecified atom stereocenters. The molecule has 1 rings (SSSR count). The zero-order chi connectivity index (χ0) is 17.5. The monoisotopic (exact) mass is 347 g/mol. The molecule has 0 N–H and O–H groups in total. The first kappa shape index (κ1) is 21.6. The molecule has 0 nitrogen and oxygen atoms in total. The summed E-state index contributed by atoms with van der Waals surface area (Å²) in [5.74, 6) is 0. The maximum Gasteiger partial charge on any atom is 0.0240 e. The highest BCUT2D eigenvalue weighted by Crippen LogP contribution is 2.30. The van der Waals surface area contributed by atoms with Crippen LogP contribution in [0.1, 0.15) is 97.8 Å². The zero-order valence-electron chi connectivity index (χ0n) is 16.9. The molecular formula is C23H43Si-. The first-order chi connectivity index (χ1) is 11.8. The number of rotatable bonds is 16. The molecule has 0 saturated heterocycles. The first-order valence-electron chi connectivity index (χ1n) is 11.0. The van der Waals surface area contributed by atoms with Crippen molar-refractivity contribution in [3.63, 3.8) is 0 Å². The van der Waals surface area contributed by atoms with Crippen molar-refractivity contribution >= 4 is 13.3 Å². The Balaban J connectivity index is 2.72. The SMILES string of the molecule is CCCCCC[Si](CCCCCC)(CCCCCC)[c-]1cccc1. The standard InChI is InChI=1S/C23H43Si/c1-4-7-10-15-20-24(21-16-11-8-5-2,22-17-12-9-6-3)23-18-13-14-19-23/h13-14,18-19H,4-12,15-17,20-22H2,1-3H3/q-1. The van der Waals surface area contributed by atoms with Crippen molar-refractivity contribution < 1.29 is 0 Å². The third-order valence-corrected chi connectivity index (χ3v) is 11.3. The summed E-state index contributed by atoms with van der Waals surface area (Å²) in [6.07, 6.45) is 17.2. The van der Waals surface area contributed by atoms with Crippen LogP contribution in [0.2, 0.25) is 18.1 Å². The van der Waals surface area contributed by atoms with Crippen LogP contribution >= 0.6 is 0 Å². The van der Waals surface area contributed by atoms with E-state index >= 15 is 0 Å². The Labute approximate surface area is 153 Å². The molecule has 0 aliphatic heterocycles. The third kappa shape index (κ3) is 8.10. The minimum atomic E-state index is -1.27. The van der Waals surface area contributed by atoms with Crippen molar-refractivity contribution in [2.24, 2.45) is 0 Å². The molecule has 0 bridgehead atoms. The van der Waals surface area contributed by atoms with E-state index in [9.17, 15) is 0 Å². The van der Waals surface area contributed by atoms with Gasteiger partial charge in [0.15, 0.2) is 0 Å². The molecule has 0 amide bonds. The second-order valence-electron chi connectivity index (χ2n) is 7.89. The summed E-state index contributed by atoms with van der Waals surface area (Å²) >= 11 is 0. The van der Waals surface area contributed by atoms with E-state index in [-0.39, 0.29) is 0 Å². The van der Waals surface area contributed by atoms with Crippen LogP contribution in [0.15, 0.2) is 24.3 Å². The van der Waals surface area contributed by atoms with Gasteiger partial charge in [-0.25, -0.2) is 12.1 Å². The van der Waals surface area contributed by atoms with Gasteiger partial charge >= 0.3 is 0 Å². The molecular weight excluding hydrogens is 304 g/mol. The van der Waals surface area contributed by atoms with Gasteiger partial charge in [0.05, 0.1) is 0 Å². The van der Waals surface area contributed by atoms with Crippen molar-refractivity contribution in [1.29, 1.82) is 0 Å². The van der Waals surface area contributed by atoms with Crippen molar-refractivity contribution in [2.75, 3.05) is 0 Å². The van der Waals surface area contributed by atoms with Crippen LogP contribution in [0.3, 0.4) is 0 Å². The van der Waals surface area contributed by atoms with Gasteiger partial charge in [0, 0.05) is 8.07 Å². The summed E-state index contributed by atoms with van der Waals surface area (Å²) in [5, 5.41) is 1.78. The van der Waals surface area contributed by atoms with Crippen LogP contribution in [0.5, 0.6) is 0 Å². The largest absolute Gasteiger partial charge is 0.214 e. The number of unbranched alkanes of at least 4 members (excludes halogenated alkanes) is 9. The Morgan fingerprint density at radius 2 is 0.917 bits per heavy atom. The van der Waals surface area contributed by atoms with E-state index in [0.29, 0.717) is 0 Å². The van der Waals surface area contributed by atoms with E-state index in [2.05, 4.69) is 45.0 Å². The molecule has 1 heteroatoms. The lowest BCUT2D eigenvalue weighted by Gasteiger charge is -2.37. The third-order valence-electron chi connectivity index (χ3n) is 5.80. The Bertz CT molecular complexity index is 334. The molecule has 0 saturated carbocycles. The maximum absolute atomic E-state index is 2.48. The Morgan fingerprint density at radius 3 is 1.25 bits per heavy atom. The number of hydrogen-bond acceptors (Lipinski definition) is 0. The van der Waals surface area contributed by atoms with Gasteiger partial charge in [-0.1, -0.05) is 116 Å². The Kier molecular flexibility index (Phi) is 12.4. The van der Waals surface area contributed by atoms with E-state index in [4.69, 9.17) is 0 Å². The molecule has 140 valence electrons. The first-order valence-corrected chi connectivity index (χ1v) is 13.6. The molecule has 0 aliphatic carbocycles. The van der Waals surface area contributed by atoms with Gasteiger partial charge in [0.25, 0.3) is 0 Å². The summed E-state index contributed by atoms with van der Waals surface area (Å²) in [4.78, 5) is 0. The van der Waals surface area contributed by atoms with E-state index in [1.54, 1.807) is 23.3 Å². The number of hydrogen-bond donors (Lipinski definition) is 0. The fourth-order valence-corrected chi connectivity index (χ4v) is 9.50. The van der Waals surface area contributed by atoms with Crippen molar-refractivity contribution in [3.05, 3.63) is 24.3 Å². The topological polar surface area (TPSA) is 0 Å². The van der Waals surface area contributed by atoms with Gasteiger partial charge in [0.1, 0.15) is 0 Å². The van der Waals surface area contributed by atoms with Crippen LogP contribution in [0, 0.1) is 0 Å². The highest BCUT2D eigenvalue weighted by Gasteiger charge is 2.28. The predicted molar refractivity (Wildman–Crippen MR) is 114 cm³/mol. The second-order valence-corrected chi connectivity index (χ2v) is 12.5. The average Bonchev–Trinajstić information content (AvgIpc) is 3.14. The molecule has 24 heavy (non-hydrogen) atoms. The molecule has 0 fully saturated rings. The fraction of sp³-hybridized carbons (Fsp3) is 0.783. The zero-order valence-corrected chi connectivity index (χ0v) is 17.9. The van der Waals surface area contributed by atoms with Crippen molar-refractivity contribution in [1.82, 2.24) is 0 Å². The van der Waals surface area contributed by atoms with Gasteiger partial charge in [-0.3, -0.25) is 0 Å². The maximum atomic E-state index is 2.48. The van der Waals surface area contributed by atoms with Crippen molar-refractivity contribution in [2.45, 2.75) is 116 Å². The van der Waals surface area contributed by atoms with Gasteiger partial charge in [-0.2, -0.15) is 17.3 Å². The van der Waals surface area contributed by atoms with Crippen LogP contribution in [0.4, 0.5) is 0 Å². The molecule has 0 atom stereocenters. The predicted octanol–water partition coefficient (Wildman–Crippen LogP) is 7.80. The van der Waals surface area contributed by atoms with Crippen LogP contribution in [-0.2, 0) is 0 Å². The normalized spacial score (nSPS) is 12.0. The van der Waals surface area contributed by atoms with E-state index in [0.717, 1.165) is 0 Å². The van der Waals surface area contributed by atoms with Crippen LogP contribution in [-0.4, -0.2) is 8.07 Å². The van der Waals surface area contributed by atoms with Gasteiger partial charge in [-0.05, 0) is 0 Å². The lowest BCUT2D eigenvalue weighted by atomic mass is 10.2. The summed E-state index contributed by atoms with van der Waals surface area (Å²) in [6.45, 7) is 6.99. The Morgan fingerprint density at radius 1 is 0.542 bits per heavy atom.